The Morgan fingerprint density at radius 3 is 2.82 bits per heavy atom. The minimum Gasteiger partial charge on any atom is -0.296 e. The Morgan fingerprint density at radius 2 is 2.18 bits per heavy atom. The molecule has 0 spiro atoms. The summed E-state index contributed by atoms with van der Waals surface area (Å²) in [6.45, 7) is 1.90. The van der Waals surface area contributed by atoms with Gasteiger partial charge in [0.1, 0.15) is 0 Å². The van der Waals surface area contributed by atoms with Crippen molar-refractivity contribution in [2.75, 3.05) is 0 Å². The molecule has 1 atom stereocenters. The lowest BCUT2D eigenvalue weighted by Crippen LogP contribution is -2.39. The number of carbonyl (C=O) groups excluding carboxylic acids is 2. The van der Waals surface area contributed by atoms with Crippen LogP contribution in [0.5, 0.6) is 0 Å². The Labute approximate surface area is 99.2 Å². The van der Waals surface area contributed by atoms with Gasteiger partial charge in [0.05, 0.1) is 17.6 Å². The summed E-state index contributed by atoms with van der Waals surface area (Å²) >= 11 is 0. The summed E-state index contributed by atoms with van der Waals surface area (Å²) in [5.74, 6) is -0.929. The standard InChI is InChI=1S/C13H12N2O2/c1-8-2-3-10(9(6-8)7-14)11-4-5-12(16)15-13(11)17/h2-3,6,11H,4-5H2,1H3,(H,15,16,17). The van der Waals surface area contributed by atoms with E-state index in [1.165, 1.54) is 0 Å². The van der Waals surface area contributed by atoms with E-state index >= 15 is 0 Å². The molecule has 1 heterocycles. The number of rotatable bonds is 1. The van der Waals surface area contributed by atoms with E-state index in [-0.39, 0.29) is 17.7 Å². The quantitative estimate of drug-likeness (QED) is 0.738. The van der Waals surface area contributed by atoms with E-state index in [2.05, 4.69) is 11.4 Å². The fourth-order valence-corrected chi connectivity index (χ4v) is 2.06. The molecule has 86 valence electrons. The molecule has 1 saturated heterocycles. The number of nitrogens with zero attached hydrogens (tertiary/aromatic N) is 1. The largest absolute Gasteiger partial charge is 0.296 e. The van der Waals surface area contributed by atoms with Crippen molar-refractivity contribution < 1.29 is 9.59 Å². The zero-order valence-electron chi connectivity index (χ0n) is 9.49. The highest BCUT2D eigenvalue weighted by molar-refractivity contribution is 6.01. The summed E-state index contributed by atoms with van der Waals surface area (Å²) in [5, 5.41) is 11.4. The molecule has 1 aromatic rings. The number of benzene rings is 1. The van der Waals surface area contributed by atoms with Crippen LogP contribution in [-0.4, -0.2) is 11.8 Å². The molecular formula is C13H12N2O2. The van der Waals surface area contributed by atoms with Gasteiger partial charge in [-0.3, -0.25) is 14.9 Å². The van der Waals surface area contributed by atoms with Gasteiger partial charge in [-0.25, -0.2) is 0 Å². The van der Waals surface area contributed by atoms with Crippen LogP contribution in [0.2, 0.25) is 0 Å². The second-order valence-electron chi connectivity index (χ2n) is 4.21. The van der Waals surface area contributed by atoms with Gasteiger partial charge in [-0.15, -0.1) is 0 Å². The molecule has 0 radical (unpaired) electrons. The Morgan fingerprint density at radius 1 is 1.41 bits per heavy atom. The normalized spacial score (nSPS) is 19.6. The fraction of sp³-hybridized carbons (Fsp3) is 0.308. The first-order valence-corrected chi connectivity index (χ1v) is 5.46. The summed E-state index contributed by atoms with van der Waals surface area (Å²) in [4.78, 5) is 22.8. The third-order valence-electron chi connectivity index (χ3n) is 2.94. The maximum Gasteiger partial charge on any atom is 0.234 e. The van der Waals surface area contributed by atoms with Gasteiger partial charge in [0, 0.05) is 6.42 Å². The van der Waals surface area contributed by atoms with Gasteiger partial charge in [-0.2, -0.15) is 5.26 Å². The second kappa shape index (κ2) is 4.38. The van der Waals surface area contributed by atoms with Crippen molar-refractivity contribution in [1.82, 2.24) is 5.32 Å². The Kier molecular flexibility index (Phi) is 2.92. The SMILES string of the molecule is Cc1ccc(C2CCC(=O)NC2=O)c(C#N)c1. The highest BCUT2D eigenvalue weighted by Gasteiger charge is 2.29. The molecule has 0 aromatic heterocycles. The summed E-state index contributed by atoms with van der Waals surface area (Å²) < 4.78 is 0. The average molecular weight is 228 g/mol. The Balaban J connectivity index is 2.38. The van der Waals surface area contributed by atoms with Crippen LogP contribution in [0.1, 0.15) is 35.4 Å². The van der Waals surface area contributed by atoms with Crippen molar-refractivity contribution in [3.05, 3.63) is 34.9 Å². The molecule has 2 amide bonds. The van der Waals surface area contributed by atoms with E-state index in [9.17, 15) is 9.59 Å². The first-order chi connectivity index (χ1) is 8.11. The van der Waals surface area contributed by atoms with Crippen molar-refractivity contribution in [3.63, 3.8) is 0 Å². The zero-order valence-corrected chi connectivity index (χ0v) is 9.49. The van der Waals surface area contributed by atoms with Gasteiger partial charge >= 0.3 is 0 Å². The number of amides is 2. The van der Waals surface area contributed by atoms with Crippen LogP contribution in [0.4, 0.5) is 0 Å². The Hall–Kier alpha value is -2.15. The number of piperidine rings is 1. The minimum absolute atomic E-state index is 0.239. The van der Waals surface area contributed by atoms with E-state index in [0.29, 0.717) is 24.0 Å². The van der Waals surface area contributed by atoms with Crippen molar-refractivity contribution in [1.29, 1.82) is 5.26 Å². The lowest BCUT2D eigenvalue weighted by Gasteiger charge is -2.22. The maximum absolute atomic E-state index is 11.7. The minimum atomic E-state index is -0.386. The highest BCUT2D eigenvalue weighted by Crippen LogP contribution is 2.27. The van der Waals surface area contributed by atoms with Gasteiger partial charge in [-0.1, -0.05) is 12.1 Å². The summed E-state index contributed by atoms with van der Waals surface area (Å²) in [7, 11) is 0. The zero-order chi connectivity index (χ0) is 12.4. The average Bonchev–Trinajstić information content (AvgIpc) is 2.30. The van der Waals surface area contributed by atoms with E-state index in [1.807, 2.05) is 13.0 Å². The monoisotopic (exact) mass is 228 g/mol. The number of nitriles is 1. The van der Waals surface area contributed by atoms with Crippen LogP contribution in [0, 0.1) is 18.3 Å². The maximum atomic E-state index is 11.7. The molecule has 4 nitrogen and oxygen atoms in total. The smallest absolute Gasteiger partial charge is 0.234 e. The van der Waals surface area contributed by atoms with E-state index < -0.39 is 0 Å². The molecule has 1 N–H and O–H groups in total. The first kappa shape index (κ1) is 11.3. The van der Waals surface area contributed by atoms with Crippen molar-refractivity contribution >= 4 is 11.8 Å². The predicted molar refractivity (Wildman–Crippen MR) is 61.0 cm³/mol. The molecule has 0 aliphatic carbocycles. The molecule has 1 fully saturated rings. The van der Waals surface area contributed by atoms with Crippen molar-refractivity contribution in [2.24, 2.45) is 0 Å². The molecule has 2 rings (SSSR count). The van der Waals surface area contributed by atoms with Crippen LogP contribution >= 0.6 is 0 Å². The first-order valence-electron chi connectivity index (χ1n) is 5.46. The number of aryl methyl sites for hydroxylation is 1. The van der Waals surface area contributed by atoms with E-state index in [4.69, 9.17) is 5.26 Å². The van der Waals surface area contributed by atoms with Crippen molar-refractivity contribution in [3.8, 4) is 6.07 Å². The second-order valence-corrected chi connectivity index (χ2v) is 4.21. The predicted octanol–water partition coefficient (Wildman–Crippen LogP) is 1.39. The number of hydrogen-bond donors (Lipinski definition) is 1. The summed E-state index contributed by atoms with van der Waals surface area (Å²) in [5.41, 5.74) is 2.21. The molecular weight excluding hydrogens is 216 g/mol. The highest BCUT2D eigenvalue weighted by atomic mass is 16.2. The lowest BCUT2D eigenvalue weighted by molar-refractivity contribution is -0.134. The number of nitrogens with one attached hydrogen (secondary N) is 1. The lowest BCUT2D eigenvalue weighted by atomic mass is 9.87. The third-order valence-corrected chi connectivity index (χ3v) is 2.94. The van der Waals surface area contributed by atoms with Gasteiger partial charge in [0.15, 0.2) is 0 Å². The molecule has 1 unspecified atom stereocenters. The van der Waals surface area contributed by atoms with Gasteiger partial charge in [-0.05, 0) is 30.5 Å². The van der Waals surface area contributed by atoms with Gasteiger partial charge in [0.25, 0.3) is 0 Å². The van der Waals surface area contributed by atoms with E-state index in [1.54, 1.807) is 12.1 Å². The molecule has 0 saturated carbocycles. The fourth-order valence-electron chi connectivity index (χ4n) is 2.06. The molecule has 1 aliphatic rings. The molecule has 0 bridgehead atoms. The van der Waals surface area contributed by atoms with Crippen LogP contribution in [-0.2, 0) is 9.59 Å². The molecule has 4 heteroatoms. The molecule has 1 aromatic carbocycles. The molecule has 17 heavy (non-hydrogen) atoms. The third kappa shape index (κ3) is 2.18. The summed E-state index contributed by atoms with van der Waals surface area (Å²) in [6, 6.07) is 7.54. The van der Waals surface area contributed by atoms with Crippen LogP contribution in [0.15, 0.2) is 18.2 Å². The van der Waals surface area contributed by atoms with Crippen LogP contribution in [0.25, 0.3) is 0 Å². The van der Waals surface area contributed by atoms with Crippen LogP contribution < -0.4 is 5.32 Å². The molecule has 1 aliphatic heterocycles. The van der Waals surface area contributed by atoms with E-state index in [0.717, 1.165) is 5.56 Å². The Bertz CT molecular complexity index is 529. The van der Waals surface area contributed by atoms with Crippen LogP contribution in [0.3, 0.4) is 0 Å². The number of hydrogen-bond acceptors (Lipinski definition) is 3. The number of carbonyl (C=O) groups is 2. The van der Waals surface area contributed by atoms with Crippen molar-refractivity contribution in [2.45, 2.75) is 25.7 Å². The topological polar surface area (TPSA) is 70.0 Å². The van der Waals surface area contributed by atoms with Gasteiger partial charge < -0.3 is 0 Å². The van der Waals surface area contributed by atoms with Gasteiger partial charge in [0.2, 0.25) is 11.8 Å². The number of imide groups is 1. The summed E-state index contributed by atoms with van der Waals surface area (Å²) in [6.07, 6.45) is 0.803.